The van der Waals surface area contributed by atoms with Crippen LogP contribution in [0, 0.1) is 6.92 Å². The van der Waals surface area contributed by atoms with E-state index in [1.54, 1.807) is 19.2 Å². The van der Waals surface area contributed by atoms with Crippen molar-refractivity contribution in [2.24, 2.45) is 7.05 Å². The number of nitrogens with zero attached hydrogens (tertiary/aromatic N) is 4. The van der Waals surface area contributed by atoms with Crippen LogP contribution in [0.4, 0.5) is 5.69 Å². The summed E-state index contributed by atoms with van der Waals surface area (Å²) >= 11 is 1.31. The molecule has 0 saturated carbocycles. The van der Waals surface area contributed by atoms with Crippen molar-refractivity contribution in [1.29, 1.82) is 0 Å². The molecule has 2 aromatic carbocycles. The number of methoxy groups -OCH3 is 1. The molecule has 2 amide bonds. The van der Waals surface area contributed by atoms with Crippen LogP contribution in [0.5, 0.6) is 5.75 Å². The van der Waals surface area contributed by atoms with Gasteiger partial charge in [-0.15, -0.1) is 10.2 Å². The lowest BCUT2D eigenvalue weighted by molar-refractivity contribution is -0.113. The summed E-state index contributed by atoms with van der Waals surface area (Å²) in [5, 5.41) is 12.2. The SMILES string of the molecule is COc1ccccc1NC(=O)CSc1nnc(C2CCCN2C(=O)c2ccc(C)cc2)n1C. The van der Waals surface area contributed by atoms with Gasteiger partial charge < -0.3 is 19.5 Å². The van der Waals surface area contributed by atoms with E-state index < -0.39 is 0 Å². The molecule has 2 heterocycles. The summed E-state index contributed by atoms with van der Waals surface area (Å²) in [4.78, 5) is 27.4. The van der Waals surface area contributed by atoms with E-state index >= 15 is 0 Å². The highest BCUT2D eigenvalue weighted by atomic mass is 32.2. The Morgan fingerprint density at radius 3 is 2.67 bits per heavy atom. The maximum atomic E-state index is 13.1. The molecule has 1 fully saturated rings. The zero-order chi connectivity index (χ0) is 23.4. The number of hydrogen-bond donors (Lipinski definition) is 1. The second-order valence-electron chi connectivity index (χ2n) is 7.96. The Labute approximate surface area is 197 Å². The van der Waals surface area contributed by atoms with Crippen LogP contribution in [0.15, 0.2) is 53.7 Å². The lowest BCUT2D eigenvalue weighted by Crippen LogP contribution is -2.31. The molecule has 172 valence electrons. The van der Waals surface area contributed by atoms with E-state index in [0.717, 1.165) is 24.2 Å². The molecule has 1 unspecified atom stereocenters. The first-order valence-electron chi connectivity index (χ1n) is 10.8. The zero-order valence-electron chi connectivity index (χ0n) is 18.9. The quantitative estimate of drug-likeness (QED) is 0.534. The number of para-hydroxylation sites is 2. The van der Waals surface area contributed by atoms with Gasteiger partial charge in [0.1, 0.15) is 5.75 Å². The van der Waals surface area contributed by atoms with Gasteiger partial charge in [-0.3, -0.25) is 9.59 Å². The van der Waals surface area contributed by atoms with Crippen molar-refractivity contribution in [2.45, 2.75) is 31.0 Å². The molecule has 1 atom stereocenters. The van der Waals surface area contributed by atoms with Crippen molar-refractivity contribution in [3.63, 3.8) is 0 Å². The molecular formula is C24H27N5O3S. The molecule has 0 radical (unpaired) electrons. The summed E-state index contributed by atoms with van der Waals surface area (Å²) in [5.74, 6) is 1.37. The number of amides is 2. The number of anilines is 1. The number of carbonyl (C=O) groups excluding carboxylic acids is 2. The number of ether oxygens (including phenoxy) is 1. The standard InChI is InChI=1S/C24H27N5O3S/c1-16-10-12-17(13-11-16)23(31)29-14-6-8-19(29)22-26-27-24(28(22)2)33-15-21(30)25-18-7-4-5-9-20(18)32-3/h4-5,7,9-13,19H,6,8,14-15H2,1-3H3,(H,25,30). The van der Waals surface area contributed by atoms with Crippen LogP contribution in [-0.2, 0) is 11.8 Å². The lowest BCUT2D eigenvalue weighted by atomic mass is 10.1. The van der Waals surface area contributed by atoms with E-state index in [9.17, 15) is 9.59 Å². The number of benzene rings is 2. The monoisotopic (exact) mass is 465 g/mol. The second-order valence-corrected chi connectivity index (χ2v) is 8.90. The number of likely N-dealkylation sites (tertiary alicyclic amines) is 1. The van der Waals surface area contributed by atoms with E-state index in [2.05, 4.69) is 15.5 Å². The van der Waals surface area contributed by atoms with Gasteiger partial charge in [0.2, 0.25) is 5.91 Å². The Kier molecular flexibility index (Phi) is 6.98. The first kappa shape index (κ1) is 22.8. The molecule has 4 rings (SSSR count). The van der Waals surface area contributed by atoms with Crippen LogP contribution in [0.25, 0.3) is 0 Å². The first-order chi connectivity index (χ1) is 16.0. The first-order valence-corrected chi connectivity index (χ1v) is 11.8. The minimum absolute atomic E-state index is 0.00545. The molecule has 1 N–H and O–H groups in total. The molecule has 9 heteroatoms. The molecule has 1 aliphatic heterocycles. The third-order valence-corrected chi connectivity index (χ3v) is 6.71. The summed E-state index contributed by atoms with van der Waals surface area (Å²) in [7, 11) is 3.44. The van der Waals surface area contributed by atoms with Crippen LogP contribution in [0.2, 0.25) is 0 Å². The average Bonchev–Trinajstić information content (AvgIpc) is 3.44. The molecule has 0 bridgehead atoms. The number of rotatable bonds is 7. The van der Waals surface area contributed by atoms with Gasteiger partial charge in [-0.1, -0.05) is 41.6 Å². The molecule has 33 heavy (non-hydrogen) atoms. The van der Waals surface area contributed by atoms with Gasteiger partial charge in [0.15, 0.2) is 11.0 Å². The highest BCUT2D eigenvalue weighted by Gasteiger charge is 2.34. The Balaban J connectivity index is 1.42. The minimum atomic E-state index is -0.161. The molecule has 3 aromatic rings. The number of nitrogens with one attached hydrogen (secondary N) is 1. The number of hydrogen-bond acceptors (Lipinski definition) is 6. The molecule has 1 aliphatic rings. The van der Waals surface area contributed by atoms with Crippen molar-refractivity contribution in [2.75, 3.05) is 24.7 Å². The molecule has 1 aromatic heterocycles. The smallest absolute Gasteiger partial charge is 0.254 e. The maximum absolute atomic E-state index is 13.1. The van der Waals surface area contributed by atoms with Gasteiger partial charge in [0.25, 0.3) is 5.91 Å². The fourth-order valence-electron chi connectivity index (χ4n) is 3.95. The normalized spacial score (nSPS) is 15.5. The van der Waals surface area contributed by atoms with Crippen LogP contribution < -0.4 is 10.1 Å². The molecular weight excluding hydrogens is 438 g/mol. The van der Waals surface area contributed by atoms with Crippen molar-refractivity contribution in [3.8, 4) is 5.75 Å². The number of carbonyl (C=O) groups is 2. The molecule has 8 nitrogen and oxygen atoms in total. The van der Waals surface area contributed by atoms with Crippen molar-refractivity contribution in [3.05, 3.63) is 65.5 Å². The molecule has 1 saturated heterocycles. The largest absolute Gasteiger partial charge is 0.495 e. The van der Waals surface area contributed by atoms with Gasteiger partial charge in [-0.25, -0.2) is 0 Å². The topological polar surface area (TPSA) is 89.3 Å². The third-order valence-electron chi connectivity index (χ3n) is 5.69. The Morgan fingerprint density at radius 2 is 1.91 bits per heavy atom. The van der Waals surface area contributed by atoms with Gasteiger partial charge in [0.05, 0.1) is 24.6 Å². The summed E-state index contributed by atoms with van der Waals surface area (Å²) in [6, 6.07) is 14.8. The minimum Gasteiger partial charge on any atom is -0.495 e. The Hall–Kier alpha value is -3.33. The predicted molar refractivity (Wildman–Crippen MR) is 128 cm³/mol. The summed E-state index contributed by atoms with van der Waals surface area (Å²) in [6.07, 6.45) is 1.75. The van der Waals surface area contributed by atoms with E-state index in [4.69, 9.17) is 4.74 Å². The Bertz CT molecular complexity index is 1150. The summed E-state index contributed by atoms with van der Waals surface area (Å²) in [5.41, 5.74) is 2.42. The van der Waals surface area contributed by atoms with E-state index in [-0.39, 0.29) is 23.6 Å². The van der Waals surface area contributed by atoms with Gasteiger partial charge in [0, 0.05) is 19.2 Å². The van der Waals surface area contributed by atoms with Crippen molar-refractivity contribution < 1.29 is 14.3 Å². The average molecular weight is 466 g/mol. The number of thioether (sulfide) groups is 1. The lowest BCUT2D eigenvalue weighted by Gasteiger charge is -2.24. The molecule has 0 spiro atoms. The van der Waals surface area contributed by atoms with Gasteiger partial charge in [-0.05, 0) is 44.0 Å². The highest BCUT2D eigenvalue weighted by molar-refractivity contribution is 7.99. The predicted octanol–water partition coefficient (Wildman–Crippen LogP) is 3.84. The summed E-state index contributed by atoms with van der Waals surface area (Å²) < 4.78 is 7.16. The zero-order valence-corrected chi connectivity index (χ0v) is 19.8. The van der Waals surface area contributed by atoms with E-state index in [1.165, 1.54) is 11.8 Å². The fourth-order valence-corrected chi connectivity index (χ4v) is 4.66. The number of aromatic nitrogens is 3. The molecule has 0 aliphatic carbocycles. The highest BCUT2D eigenvalue weighted by Crippen LogP contribution is 2.33. The third kappa shape index (κ3) is 5.03. The van der Waals surface area contributed by atoms with Crippen LogP contribution in [0.1, 0.15) is 40.6 Å². The van der Waals surface area contributed by atoms with Crippen LogP contribution in [-0.4, -0.2) is 50.9 Å². The van der Waals surface area contributed by atoms with Crippen LogP contribution in [0.3, 0.4) is 0 Å². The van der Waals surface area contributed by atoms with Crippen molar-refractivity contribution in [1.82, 2.24) is 19.7 Å². The number of aryl methyl sites for hydroxylation is 1. The fraction of sp³-hybridized carbons (Fsp3) is 0.333. The maximum Gasteiger partial charge on any atom is 0.254 e. The van der Waals surface area contributed by atoms with E-state index in [0.29, 0.717) is 28.7 Å². The second kappa shape index (κ2) is 10.1. The van der Waals surface area contributed by atoms with Crippen molar-refractivity contribution >= 4 is 29.3 Å². The summed E-state index contributed by atoms with van der Waals surface area (Å²) in [6.45, 7) is 2.69. The van der Waals surface area contributed by atoms with Crippen LogP contribution >= 0.6 is 11.8 Å². The van der Waals surface area contributed by atoms with Gasteiger partial charge >= 0.3 is 0 Å². The van der Waals surface area contributed by atoms with Gasteiger partial charge in [-0.2, -0.15) is 0 Å². The Morgan fingerprint density at radius 1 is 1.15 bits per heavy atom. The van der Waals surface area contributed by atoms with E-state index in [1.807, 2.05) is 59.8 Å².